The molecule has 0 spiro atoms. The lowest BCUT2D eigenvalue weighted by molar-refractivity contribution is -0.238. The zero-order valence-corrected chi connectivity index (χ0v) is 13.8. The standard InChI is InChI=1S/C20H26O4/c21-19-17-11-5-1-3-7-9(5)13-15(11)16-12(18(13)20(22)23-7)6-2-4-8(24-19)10(6)14(16)17/h5-22H,1-4H2. The summed E-state index contributed by atoms with van der Waals surface area (Å²) in [5, 5.41) is 21.9. The summed E-state index contributed by atoms with van der Waals surface area (Å²) in [6, 6.07) is 0. The Balaban J connectivity index is 1.38. The maximum atomic E-state index is 10.9. The molecule has 6 aliphatic carbocycles. The molecule has 4 nitrogen and oxygen atoms in total. The van der Waals surface area contributed by atoms with Crippen LogP contribution in [-0.4, -0.2) is 35.0 Å². The van der Waals surface area contributed by atoms with Crippen molar-refractivity contribution in [1.29, 1.82) is 0 Å². The first-order chi connectivity index (χ1) is 11.8. The summed E-state index contributed by atoms with van der Waals surface area (Å²) in [7, 11) is 0. The van der Waals surface area contributed by atoms with E-state index in [0.717, 1.165) is 36.5 Å². The van der Waals surface area contributed by atoms with Crippen molar-refractivity contribution in [3.05, 3.63) is 0 Å². The van der Waals surface area contributed by atoms with E-state index in [0.29, 0.717) is 59.6 Å². The molecule has 0 aromatic carbocycles. The summed E-state index contributed by atoms with van der Waals surface area (Å²) < 4.78 is 12.4. The second-order valence-corrected chi connectivity index (χ2v) is 10.4. The van der Waals surface area contributed by atoms with Crippen molar-refractivity contribution in [2.45, 2.75) is 50.5 Å². The zero-order valence-electron chi connectivity index (χ0n) is 13.8. The van der Waals surface area contributed by atoms with E-state index < -0.39 is 12.6 Å². The van der Waals surface area contributed by atoms with Gasteiger partial charge in [0.2, 0.25) is 0 Å². The number of hydrogen-bond donors (Lipinski definition) is 2. The van der Waals surface area contributed by atoms with Crippen molar-refractivity contribution in [2.75, 3.05) is 0 Å². The molecule has 8 aliphatic rings. The first-order valence-electron chi connectivity index (χ1n) is 10.4. The van der Waals surface area contributed by atoms with Crippen LogP contribution >= 0.6 is 0 Å². The fraction of sp³-hybridized carbons (Fsp3) is 1.00. The molecule has 2 N–H and O–H groups in total. The normalized spacial score (nSPS) is 78.2. The van der Waals surface area contributed by atoms with E-state index in [1.54, 1.807) is 0 Å². The molecule has 2 saturated heterocycles. The van der Waals surface area contributed by atoms with Gasteiger partial charge in [0.05, 0.1) is 12.2 Å². The average Bonchev–Trinajstić information content (AvgIpc) is 3.29. The molecule has 2 heterocycles. The molecule has 16 atom stereocenters. The SMILES string of the molecule is OC1OC2CCC3C2C2C1C1C4CCC5OC(O)C6C3C2C1C6C54. The highest BCUT2D eigenvalue weighted by Crippen LogP contribution is 2.82. The summed E-state index contributed by atoms with van der Waals surface area (Å²) in [6.07, 6.45) is 4.29. The van der Waals surface area contributed by atoms with Gasteiger partial charge in [-0.15, -0.1) is 0 Å². The predicted molar refractivity (Wildman–Crippen MR) is 82.1 cm³/mol. The van der Waals surface area contributed by atoms with Crippen LogP contribution in [0.4, 0.5) is 0 Å². The Morgan fingerprint density at radius 1 is 0.458 bits per heavy atom. The summed E-state index contributed by atoms with van der Waals surface area (Å²) >= 11 is 0. The Bertz CT molecular complexity index is 583. The third-order valence-electron chi connectivity index (χ3n) is 10.6. The van der Waals surface area contributed by atoms with Gasteiger partial charge in [-0.05, 0) is 84.9 Å². The topological polar surface area (TPSA) is 58.9 Å². The molecule has 0 radical (unpaired) electrons. The van der Waals surface area contributed by atoms with Gasteiger partial charge in [-0.1, -0.05) is 0 Å². The highest BCUT2D eigenvalue weighted by molar-refractivity contribution is 5.27. The number of fused-ring (bicyclic) bond motifs is 4. The fourth-order valence-electron chi connectivity index (χ4n) is 10.9. The van der Waals surface area contributed by atoms with E-state index in [-0.39, 0.29) is 0 Å². The van der Waals surface area contributed by atoms with Crippen LogP contribution in [-0.2, 0) is 9.47 Å². The molecule has 0 amide bonds. The first-order valence-corrected chi connectivity index (χ1v) is 10.4. The van der Waals surface area contributed by atoms with Crippen LogP contribution in [0.25, 0.3) is 0 Å². The largest absolute Gasteiger partial charge is 0.368 e. The van der Waals surface area contributed by atoms with Crippen molar-refractivity contribution in [2.24, 2.45) is 71.0 Å². The van der Waals surface area contributed by atoms with Crippen LogP contribution in [0.1, 0.15) is 25.7 Å². The van der Waals surface area contributed by atoms with Crippen LogP contribution in [0.2, 0.25) is 0 Å². The van der Waals surface area contributed by atoms with Crippen LogP contribution in [0.3, 0.4) is 0 Å². The predicted octanol–water partition coefficient (Wildman–Crippen LogP) is 1.46. The van der Waals surface area contributed by atoms with Crippen molar-refractivity contribution < 1.29 is 19.7 Å². The lowest BCUT2D eigenvalue weighted by Crippen LogP contribution is -2.48. The Kier molecular flexibility index (Phi) is 2.05. The highest BCUT2D eigenvalue weighted by atomic mass is 16.6. The summed E-state index contributed by atoms with van der Waals surface area (Å²) in [5.74, 6) is 7.76. The minimum atomic E-state index is -0.521. The molecule has 4 heteroatoms. The molecule has 6 saturated carbocycles. The molecule has 0 bridgehead atoms. The third kappa shape index (κ3) is 1.08. The van der Waals surface area contributed by atoms with E-state index in [1.165, 1.54) is 12.8 Å². The van der Waals surface area contributed by atoms with Crippen molar-refractivity contribution in [1.82, 2.24) is 0 Å². The molecule has 0 aromatic rings. The third-order valence-corrected chi connectivity index (χ3v) is 10.6. The maximum Gasteiger partial charge on any atom is 0.158 e. The van der Waals surface area contributed by atoms with Gasteiger partial charge in [0.25, 0.3) is 0 Å². The second kappa shape index (κ2) is 3.76. The van der Waals surface area contributed by atoms with Gasteiger partial charge in [-0.3, -0.25) is 0 Å². The van der Waals surface area contributed by atoms with Crippen molar-refractivity contribution in [3.63, 3.8) is 0 Å². The molecule has 8 rings (SSSR count). The maximum absolute atomic E-state index is 10.9. The van der Waals surface area contributed by atoms with Gasteiger partial charge in [0, 0.05) is 11.8 Å². The van der Waals surface area contributed by atoms with Crippen LogP contribution in [0, 0.1) is 71.0 Å². The second-order valence-electron chi connectivity index (χ2n) is 10.4. The molecule has 130 valence electrons. The number of aliphatic hydroxyl groups excluding tert-OH is 2. The summed E-state index contributed by atoms with van der Waals surface area (Å²) in [4.78, 5) is 0. The smallest absolute Gasteiger partial charge is 0.158 e. The fourth-order valence-corrected chi connectivity index (χ4v) is 10.9. The van der Waals surface area contributed by atoms with Crippen molar-refractivity contribution >= 4 is 0 Å². The van der Waals surface area contributed by atoms with Gasteiger partial charge in [0.1, 0.15) is 0 Å². The van der Waals surface area contributed by atoms with Gasteiger partial charge < -0.3 is 19.7 Å². The van der Waals surface area contributed by atoms with Crippen molar-refractivity contribution in [3.8, 4) is 0 Å². The molecule has 8 fully saturated rings. The summed E-state index contributed by atoms with van der Waals surface area (Å²) in [5.41, 5.74) is 0. The Labute approximate surface area is 141 Å². The molecule has 0 aromatic heterocycles. The number of hydrogen-bond acceptors (Lipinski definition) is 4. The average molecular weight is 330 g/mol. The number of aliphatic hydroxyl groups is 2. The van der Waals surface area contributed by atoms with E-state index in [1.807, 2.05) is 0 Å². The van der Waals surface area contributed by atoms with Crippen LogP contribution in [0.15, 0.2) is 0 Å². The van der Waals surface area contributed by atoms with Gasteiger partial charge in [-0.2, -0.15) is 0 Å². The van der Waals surface area contributed by atoms with Crippen LogP contribution in [0.5, 0.6) is 0 Å². The zero-order chi connectivity index (χ0) is 15.5. The minimum Gasteiger partial charge on any atom is -0.368 e. The highest BCUT2D eigenvalue weighted by Gasteiger charge is 2.81. The molecule has 2 aliphatic heterocycles. The molecular formula is C20H26O4. The summed E-state index contributed by atoms with van der Waals surface area (Å²) in [6.45, 7) is 0. The molecule has 16 unspecified atom stereocenters. The van der Waals surface area contributed by atoms with Gasteiger partial charge in [-0.25, -0.2) is 0 Å². The number of ether oxygens (including phenoxy) is 2. The Hall–Kier alpha value is -0.160. The first kappa shape index (κ1) is 13.1. The van der Waals surface area contributed by atoms with Crippen LogP contribution < -0.4 is 0 Å². The van der Waals surface area contributed by atoms with E-state index in [9.17, 15) is 10.2 Å². The van der Waals surface area contributed by atoms with E-state index in [4.69, 9.17) is 9.47 Å². The molecular weight excluding hydrogens is 304 g/mol. The van der Waals surface area contributed by atoms with Gasteiger partial charge >= 0.3 is 0 Å². The van der Waals surface area contributed by atoms with Gasteiger partial charge in [0.15, 0.2) is 12.6 Å². The molecule has 24 heavy (non-hydrogen) atoms. The lowest BCUT2D eigenvalue weighted by Gasteiger charge is -2.44. The Morgan fingerprint density at radius 3 is 1.33 bits per heavy atom. The number of rotatable bonds is 0. The Morgan fingerprint density at radius 2 is 0.875 bits per heavy atom. The van der Waals surface area contributed by atoms with E-state index in [2.05, 4.69) is 0 Å². The minimum absolute atomic E-state index is 0.294. The monoisotopic (exact) mass is 330 g/mol. The quantitative estimate of drug-likeness (QED) is 0.706. The lowest BCUT2D eigenvalue weighted by atomic mass is 9.70. The van der Waals surface area contributed by atoms with E-state index >= 15 is 0 Å².